The lowest BCUT2D eigenvalue weighted by molar-refractivity contribution is -0.129. The molecule has 5 nitrogen and oxygen atoms in total. The van der Waals surface area contributed by atoms with E-state index in [1.807, 2.05) is 37.3 Å². The van der Waals surface area contributed by atoms with Gasteiger partial charge in [-0.1, -0.05) is 30.3 Å². The van der Waals surface area contributed by atoms with E-state index >= 15 is 0 Å². The largest absolute Gasteiger partial charge is 0.355 e. The molecule has 2 atom stereocenters. The Kier molecular flexibility index (Phi) is 6.02. The smallest absolute Gasteiger partial charge is 0.242 e. The summed E-state index contributed by atoms with van der Waals surface area (Å²) in [5.74, 6) is -0.523. The van der Waals surface area contributed by atoms with Crippen LogP contribution in [0.25, 0.3) is 0 Å². The molecular weight excluding hydrogens is 242 g/mol. The van der Waals surface area contributed by atoms with Gasteiger partial charge in [0.25, 0.3) is 0 Å². The first-order valence-electron chi connectivity index (χ1n) is 6.42. The molecule has 19 heavy (non-hydrogen) atoms. The predicted octanol–water partition coefficient (Wildman–Crippen LogP) is 0.197. The van der Waals surface area contributed by atoms with E-state index in [0.717, 1.165) is 5.56 Å². The Morgan fingerprint density at radius 1 is 1.21 bits per heavy atom. The summed E-state index contributed by atoms with van der Waals surface area (Å²) in [6.07, 6.45) is 0.453. The predicted molar refractivity (Wildman–Crippen MR) is 74.4 cm³/mol. The van der Waals surface area contributed by atoms with Gasteiger partial charge in [-0.25, -0.2) is 0 Å². The zero-order chi connectivity index (χ0) is 14.3. The van der Waals surface area contributed by atoms with Crippen LogP contribution < -0.4 is 16.4 Å². The van der Waals surface area contributed by atoms with E-state index in [4.69, 9.17) is 5.73 Å². The van der Waals surface area contributed by atoms with Crippen molar-refractivity contribution in [2.45, 2.75) is 32.4 Å². The zero-order valence-corrected chi connectivity index (χ0v) is 11.3. The number of carbonyl (C=O) groups excluding carboxylic acids is 2. The van der Waals surface area contributed by atoms with Gasteiger partial charge in [0, 0.05) is 6.54 Å². The molecule has 5 heteroatoms. The summed E-state index contributed by atoms with van der Waals surface area (Å²) in [6.45, 7) is 4.00. The molecule has 4 N–H and O–H groups in total. The molecule has 0 aliphatic heterocycles. The van der Waals surface area contributed by atoms with Crippen molar-refractivity contribution in [2.24, 2.45) is 5.73 Å². The molecule has 0 aromatic heterocycles. The van der Waals surface area contributed by atoms with Crippen molar-refractivity contribution < 1.29 is 9.59 Å². The van der Waals surface area contributed by atoms with Crippen molar-refractivity contribution in [2.75, 3.05) is 6.54 Å². The lowest BCUT2D eigenvalue weighted by Gasteiger charge is -2.17. The summed E-state index contributed by atoms with van der Waals surface area (Å²) < 4.78 is 0. The van der Waals surface area contributed by atoms with Crippen molar-refractivity contribution in [3.63, 3.8) is 0 Å². The van der Waals surface area contributed by atoms with Crippen molar-refractivity contribution in [1.29, 1.82) is 0 Å². The molecule has 0 bridgehead atoms. The molecule has 0 saturated heterocycles. The fourth-order valence-electron chi connectivity index (χ4n) is 1.67. The van der Waals surface area contributed by atoms with Crippen LogP contribution in [-0.4, -0.2) is 30.4 Å². The first-order chi connectivity index (χ1) is 9.04. The fraction of sp³-hybridized carbons (Fsp3) is 0.429. The summed E-state index contributed by atoms with van der Waals surface area (Å²) in [4.78, 5) is 23.3. The van der Waals surface area contributed by atoms with Gasteiger partial charge in [-0.3, -0.25) is 9.59 Å². The van der Waals surface area contributed by atoms with E-state index in [-0.39, 0.29) is 11.8 Å². The van der Waals surface area contributed by atoms with Crippen LogP contribution in [0.4, 0.5) is 0 Å². The van der Waals surface area contributed by atoms with Crippen LogP contribution in [0.1, 0.15) is 19.4 Å². The third kappa shape index (κ3) is 5.09. The molecule has 104 valence electrons. The summed E-state index contributed by atoms with van der Waals surface area (Å²) in [7, 11) is 0. The minimum Gasteiger partial charge on any atom is -0.355 e. The highest BCUT2D eigenvalue weighted by Gasteiger charge is 2.19. The quantitative estimate of drug-likeness (QED) is 0.685. The number of nitrogens with one attached hydrogen (secondary N) is 2. The molecule has 0 radical (unpaired) electrons. The van der Waals surface area contributed by atoms with E-state index in [2.05, 4.69) is 10.6 Å². The van der Waals surface area contributed by atoms with Crippen molar-refractivity contribution in [3.8, 4) is 0 Å². The minimum atomic E-state index is -0.653. The van der Waals surface area contributed by atoms with Gasteiger partial charge in [-0.2, -0.15) is 0 Å². The molecule has 1 rings (SSSR count). The first-order valence-corrected chi connectivity index (χ1v) is 6.42. The van der Waals surface area contributed by atoms with Gasteiger partial charge in [0.15, 0.2) is 0 Å². The molecule has 1 unspecified atom stereocenters. The molecule has 1 aromatic rings. The normalized spacial score (nSPS) is 13.4. The SMILES string of the molecule is CCNC(=O)C(C)NC(=O)[C@@H](N)Cc1ccccc1. The number of rotatable bonds is 6. The van der Waals surface area contributed by atoms with E-state index < -0.39 is 12.1 Å². The average Bonchev–Trinajstić information content (AvgIpc) is 2.40. The van der Waals surface area contributed by atoms with Crippen LogP contribution in [-0.2, 0) is 16.0 Å². The Morgan fingerprint density at radius 2 is 1.84 bits per heavy atom. The molecule has 1 aromatic carbocycles. The van der Waals surface area contributed by atoms with Gasteiger partial charge in [0.1, 0.15) is 6.04 Å². The standard InChI is InChI=1S/C14H21N3O2/c1-3-16-13(18)10(2)17-14(19)12(15)9-11-7-5-4-6-8-11/h4-8,10,12H,3,9,15H2,1-2H3,(H,16,18)(H,17,19)/t10?,12-/m0/s1. The molecular formula is C14H21N3O2. The summed E-state index contributed by atoms with van der Waals surface area (Å²) in [6, 6.07) is 8.31. The molecule has 0 aliphatic carbocycles. The van der Waals surface area contributed by atoms with Crippen LogP contribution in [0, 0.1) is 0 Å². The molecule has 0 fully saturated rings. The number of likely N-dealkylation sites (N-methyl/N-ethyl adjacent to an activating group) is 1. The van der Waals surface area contributed by atoms with Gasteiger partial charge >= 0.3 is 0 Å². The number of benzene rings is 1. The topological polar surface area (TPSA) is 84.2 Å². The number of hydrogen-bond donors (Lipinski definition) is 3. The number of nitrogens with two attached hydrogens (primary N) is 1. The zero-order valence-electron chi connectivity index (χ0n) is 11.3. The molecule has 0 aliphatic rings. The van der Waals surface area contributed by atoms with E-state index in [0.29, 0.717) is 13.0 Å². The summed E-state index contributed by atoms with van der Waals surface area (Å²) in [5.41, 5.74) is 6.82. The lowest BCUT2D eigenvalue weighted by Crippen LogP contribution is -2.50. The summed E-state index contributed by atoms with van der Waals surface area (Å²) in [5, 5.41) is 5.25. The maximum absolute atomic E-state index is 11.9. The van der Waals surface area contributed by atoms with Gasteiger partial charge in [-0.15, -0.1) is 0 Å². The molecule has 0 saturated carbocycles. The fourth-order valence-corrected chi connectivity index (χ4v) is 1.67. The Labute approximate surface area is 113 Å². The highest BCUT2D eigenvalue weighted by Crippen LogP contribution is 2.02. The van der Waals surface area contributed by atoms with Gasteiger partial charge in [0.2, 0.25) is 11.8 Å². The molecule has 0 heterocycles. The van der Waals surface area contributed by atoms with Crippen molar-refractivity contribution in [1.82, 2.24) is 10.6 Å². The second-order valence-corrected chi connectivity index (χ2v) is 4.42. The van der Waals surface area contributed by atoms with E-state index in [1.165, 1.54) is 0 Å². The summed E-state index contributed by atoms with van der Waals surface area (Å²) >= 11 is 0. The maximum Gasteiger partial charge on any atom is 0.242 e. The third-order valence-electron chi connectivity index (χ3n) is 2.74. The number of amides is 2. The Balaban J connectivity index is 2.47. The minimum absolute atomic E-state index is 0.206. The maximum atomic E-state index is 11.9. The van der Waals surface area contributed by atoms with Crippen LogP contribution in [0.15, 0.2) is 30.3 Å². The number of carbonyl (C=O) groups is 2. The molecule has 2 amide bonds. The van der Waals surface area contributed by atoms with Gasteiger partial charge in [-0.05, 0) is 25.8 Å². The second kappa shape index (κ2) is 7.53. The first kappa shape index (κ1) is 15.2. The Hall–Kier alpha value is -1.88. The second-order valence-electron chi connectivity index (χ2n) is 4.42. The van der Waals surface area contributed by atoms with E-state index in [9.17, 15) is 9.59 Å². The van der Waals surface area contributed by atoms with Gasteiger partial charge < -0.3 is 16.4 Å². The Bertz CT molecular complexity index is 420. The highest BCUT2D eigenvalue weighted by molar-refractivity contribution is 5.89. The highest BCUT2D eigenvalue weighted by atomic mass is 16.2. The van der Waals surface area contributed by atoms with Crippen LogP contribution in [0.3, 0.4) is 0 Å². The third-order valence-corrected chi connectivity index (χ3v) is 2.74. The lowest BCUT2D eigenvalue weighted by atomic mass is 10.1. The van der Waals surface area contributed by atoms with Crippen molar-refractivity contribution in [3.05, 3.63) is 35.9 Å². The van der Waals surface area contributed by atoms with Crippen LogP contribution in [0.2, 0.25) is 0 Å². The van der Waals surface area contributed by atoms with Crippen molar-refractivity contribution >= 4 is 11.8 Å². The monoisotopic (exact) mass is 263 g/mol. The Morgan fingerprint density at radius 3 is 2.42 bits per heavy atom. The van der Waals surface area contributed by atoms with Crippen LogP contribution in [0.5, 0.6) is 0 Å². The average molecular weight is 263 g/mol. The number of hydrogen-bond acceptors (Lipinski definition) is 3. The van der Waals surface area contributed by atoms with Gasteiger partial charge in [0.05, 0.1) is 6.04 Å². The van der Waals surface area contributed by atoms with Crippen LogP contribution >= 0.6 is 0 Å². The van der Waals surface area contributed by atoms with E-state index in [1.54, 1.807) is 6.92 Å². The molecule has 0 spiro atoms.